The van der Waals surface area contributed by atoms with Crippen LogP contribution in [0.1, 0.15) is 56.8 Å². The largest absolute Gasteiger partial charge is 0.478 e. The van der Waals surface area contributed by atoms with Gasteiger partial charge in [-0.1, -0.05) is 78.9 Å². The van der Waals surface area contributed by atoms with Crippen molar-refractivity contribution in [2.24, 2.45) is 45.6 Å². The normalized spacial score (nSPS) is 15.5. The van der Waals surface area contributed by atoms with Gasteiger partial charge in [0, 0.05) is 148 Å². The molecule has 2 unspecified atom stereocenters. The summed E-state index contributed by atoms with van der Waals surface area (Å²) in [5.74, 6) is -4.72. The number of H-pyrrole nitrogens is 3. The van der Waals surface area contributed by atoms with Crippen molar-refractivity contribution in [3.05, 3.63) is 196 Å². The molecule has 2 aliphatic heterocycles. The van der Waals surface area contributed by atoms with Crippen LogP contribution < -0.4 is 26.9 Å². The number of rotatable bonds is 20. The van der Waals surface area contributed by atoms with Crippen molar-refractivity contribution in [3.8, 4) is 0 Å². The van der Waals surface area contributed by atoms with E-state index < -0.39 is 122 Å². The first-order valence-electron chi connectivity index (χ1n) is 27.7. The quantitative estimate of drug-likeness (QED) is 0.0203. The van der Waals surface area contributed by atoms with Crippen LogP contribution in [0.4, 0.5) is 39.8 Å². The number of hydrazone groups is 2. The third-order valence-corrected chi connectivity index (χ3v) is 18.5. The minimum Gasteiger partial charge on any atom is -0.478 e. The second-order valence-electron chi connectivity index (χ2n) is 20.8. The van der Waals surface area contributed by atoms with Gasteiger partial charge in [-0.3, -0.25) is 47.3 Å². The number of amides is 2. The second kappa shape index (κ2) is 35.9. The molecular weight excluding hydrogens is 1520 g/mol. The summed E-state index contributed by atoms with van der Waals surface area (Å²) in [6, 6.07) is 26.5. The molecule has 2 amide bonds. The van der Waals surface area contributed by atoms with Gasteiger partial charge in [0.1, 0.15) is 19.6 Å². The van der Waals surface area contributed by atoms with E-state index in [4.69, 9.17) is 0 Å². The number of aromatic nitrogens is 3. The van der Waals surface area contributed by atoms with Gasteiger partial charge in [0.2, 0.25) is 16.9 Å². The molecule has 104 heavy (non-hydrogen) atoms. The summed E-state index contributed by atoms with van der Waals surface area (Å²) in [7, 11) is -25.4. The monoisotopic (exact) mass is 1560 g/mol. The Hall–Kier alpha value is -6.60. The summed E-state index contributed by atoms with van der Waals surface area (Å²) < 4.78 is 178. The number of hydrogen-bond acceptors (Lipinski definition) is 23. The Bertz CT molecular complexity index is 5820. The molecule has 45 heteroatoms. The Morgan fingerprint density at radius 1 is 0.413 bits per heavy atom. The third-order valence-electron chi connectivity index (χ3n) is 14.0. The molecule has 0 bridgehead atoms. The second-order valence-corrected chi connectivity index (χ2v) is 27.8. The first-order valence-corrected chi connectivity index (χ1v) is 34.9. The third kappa shape index (κ3) is 21.4. The van der Waals surface area contributed by atoms with E-state index in [1.54, 1.807) is 30.3 Å². The number of anilines is 2. The van der Waals surface area contributed by atoms with Crippen molar-refractivity contribution in [2.45, 2.75) is 50.4 Å². The molecule has 0 saturated carbocycles. The van der Waals surface area contributed by atoms with E-state index in [9.17, 15) is 94.2 Å². The number of benzene rings is 7. The maximum absolute atomic E-state index is 13.6. The van der Waals surface area contributed by atoms with E-state index in [0.717, 1.165) is 83.9 Å². The number of carboxylic acid groups (broad SMARTS) is 2. The van der Waals surface area contributed by atoms with Crippen LogP contribution in [-0.4, -0.2) is 285 Å². The van der Waals surface area contributed by atoms with E-state index in [0.29, 0.717) is 16.8 Å². The fraction of sp³-hybridized carbons (Fsp3) is 0.0678. The molecule has 0 aliphatic carbocycles. The molecule has 0 spiro atoms. The molecule has 5 radical (unpaired) electrons. The number of aromatic amines is 3. The first-order chi connectivity index (χ1) is 46.5. The number of nitrogens with zero attached hydrogens (tertiary/aromatic N) is 11. The molecule has 2 aliphatic rings. The molecule has 35 nitrogen and oxygen atoms in total. The van der Waals surface area contributed by atoms with Gasteiger partial charge < -0.3 is 10.2 Å². The van der Waals surface area contributed by atoms with Crippen LogP contribution >= 0.6 is 0 Å². The van der Waals surface area contributed by atoms with E-state index in [2.05, 4.69) is 60.6 Å². The molecule has 7 aromatic carbocycles. The minimum atomic E-state index is -5.17. The molecule has 10 rings (SSSR count). The predicted molar refractivity (Wildman–Crippen MR) is 378 cm³/mol. The summed E-state index contributed by atoms with van der Waals surface area (Å²) in [4.78, 5) is 68.6. The zero-order valence-corrected chi connectivity index (χ0v) is 69.2. The van der Waals surface area contributed by atoms with E-state index in [1.807, 2.05) is 0 Å². The maximum Gasteiger partial charge on any atom is 0.338 e. The summed E-state index contributed by atoms with van der Waals surface area (Å²) in [5, 5.41) is 44.5. The van der Waals surface area contributed by atoms with Gasteiger partial charge in [-0.15, -0.1) is 0 Å². The topological polar surface area (TPSA) is 546 Å². The van der Waals surface area contributed by atoms with Crippen LogP contribution in [0.15, 0.2) is 216 Å². The number of carbonyl (C=O) groups excluding carboxylic acids is 2. The van der Waals surface area contributed by atoms with Crippen molar-refractivity contribution in [2.75, 3.05) is 10.0 Å². The van der Waals surface area contributed by atoms with Crippen LogP contribution in [0, 0.1) is 0 Å². The van der Waals surface area contributed by atoms with E-state index in [1.165, 1.54) is 68.4 Å². The average molecular weight is 1560 g/mol. The number of azo groups is 2. The average Bonchev–Trinajstić information content (AvgIpc) is 1.54. The van der Waals surface area contributed by atoms with Crippen molar-refractivity contribution in [1.82, 2.24) is 15.0 Å². The van der Waals surface area contributed by atoms with Gasteiger partial charge in [-0.25, -0.2) is 24.6 Å². The molecular formula is C59H46N14Na5O21S5. The number of aromatic carboxylic acids is 2. The van der Waals surface area contributed by atoms with Crippen LogP contribution in [-0.2, 0) is 60.2 Å². The Morgan fingerprint density at radius 3 is 1.13 bits per heavy atom. The van der Waals surface area contributed by atoms with Gasteiger partial charge in [0.25, 0.3) is 62.4 Å². The SMILES string of the molecule is CC1=NN(c2ccc(C=Cc3ccc(N=c4[nH]c(=Nc5ccccc5)[nH]c(=Nc5ccc(C=Cc6ccc(N7N=C(C)C(N=Nc8ccc(S(=O)(=O)O)cc8C(=O)O)C7=O)cc6S(=O)(=O)O)c(S(=O)(=O)O)c5)[nH]4)cc3S(=O)(=O)O)c(S(=O)(=O)O)c2)C(=O)C1N=Nc1ccccc1C(=O)O.[Na].[Na].[Na].[Na].[Na]. The summed E-state index contributed by atoms with van der Waals surface area (Å²) in [5.41, 5.74) is -3.29. The minimum absolute atomic E-state index is 0. The molecule has 2 atom stereocenters. The summed E-state index contributed by atoms with van der Waals surface area (Å²) >= 11 is 0. The fourth-order valence-corrected chi connectivity index (χ4v) is 12.8. The summed E-state index contributed by atoms with van der Waals surface area (Å²) in [6.45, 7) is 2.75. The zero-order chi connectivity index (χ0) is 71.7. The molecule has 0 saturated heterocycles. The molecule has 0 fully saturated rings. The number of para-hydroxylation sites is 1. The Labute approximate surface area is 699 Å². The van der Waals surface area contributed by atoms with Crippen LogP contribution in [0.3, 0.4) is 0 Å². The maximum atomic E-state index is 13.6. The molecule has 10 N–H and O–H groups in total. The summed E-state index contributed by atoms with van der Waals surface area (Å²) in [6.07, 6.45) is 4.27. The van der Waals surface area contributed by atoms with Gasteiger partial charge in [0.05, 0.1) is 67.3 Å². The molecule has 513 valence electrons. The Balaban J connectivity index is 0.00000389. The van der Waals surface area contributed by atoms with Crippen molar-refractivity contribution in [3.63, 3.8) is 0 Å². The first kappa shape index (κ1) is 88.0. The number of nitrogens with one attached hydrogen (secondary N) is 3. The smallest absolute Gasteiger partial charge is 0.338 e. The number of carboxylic acids is 2. The van der Waals surface area contributed by atoms with E-state index in [-0.39, 0.29) is 232 Å². The molecule has 8 aromatic rings. The predicted octanol–water partition coefficient (Wildman–Crippen LogP) is 5.18. The van der Waals surface area contributed by atoms with Crippen molar-refractivity contribution < 1.29 is 94.2 Å². The fourth-order valence-electron chi connectivity index (χ4n) is 9.45. The molecule has 1 aromatic heterocycles. The molecule has 3 heterocycles. The van der Waals surface area contributed by atoms with Gasteiger partial charge >= 0.3 is 11.9 Å². The number of carbonyl (C=O) groups is 4. The van der Waals surface area contributed by atoms with Crippen LogP contribution in [0.25, 0.3) is 24.3 Å². The van der Waals surface area contributed by atoms with Crippen molar-refractivity contribution in [1.29, 1.82) is 0 Å². The van der Waals surface area contributed by atoms with Gasteiger partial charge in [-0.2, -0.15) is 82.8 Å². The van der Waals surface area contributed by atoms with E-state index >= 15 is 0 Å². The number of hydrogen-bond donors (Lipinski definition) is 10. The van der Waals surface area contributed by atoms with Gasteiger partial charge in [-0.05, 0) is 127 Å². The van der Waals surface area contributed by atoms with Gasteiger partial charge in [0.15, 0.2) is 12.1 Å². The Morgan fingerprint density at radius 2 is 0.760 bits per heavy atom. The van der Waals surface area contributed by atoms with Crippen LogP contribution in [0.5, 0.6) is 0 Å². The zero-order valence-electron chi connectivity index (χ0n) is 55.1. The van der Waals surface area contributed by atoms with Crippen LogP contribution in [0.2, 0.25) is 0 Å². The standard InChI is InChI=1S/C59H46N14O21S5.5Na/c1-31-51(68-66-45-11-7-6-10-43(45)55(76)77)53(74)72(70-31)40-22-18-35(49(28-40)98(89,90)91)14-12-33-16-20-38(26-47(33)96(83,84)85)61-58-63-57(60-37-8-4-3-5-9-37)64-59(65-58)62-39-21-17-34(48(27-39)97(86,87)88)13-15-36-19-23-41(29-50(36)99(92,93)94)73-54(75)52(32(2)71-73)69-67-46-25-24-42(95(80,81)82)30-44(46)56(78)79;;;;;/h3-30,51-52H,1-2H3,(H,76,77)(H,78,79)(H,80,81,82)(H,83,84,85)(H,86,87,88)(H,89,90,91)(H,92,93,94)(H3,60,61,62,63,64,65);;;;;. The van der Waals surface area contributed by atoms with Crippen molar-refractivity contribution >= 4 is 298 Å². The Kier molecular flexibility index (Phi) is 30.4.